The highest BCUT2D eigenvalue weighted by Crippen LogP contribution is 2.33. The largest absolute Gasteiger partial charge is 0.345 e. The Bertz CT molecular complexity index is 1190. The number of unbranched alkanes of at least 4 members (excludes halogenated alkanes) is 2. The highest BCUT2D eigenvalue weighted by Gasteiger charge is 2.19. The lowest BCUT2D eigenvalue weighted by Gasteiger charge is -2.33. The van der Waals surface area contributed by atoms with Crippen LogP contribution in [0, 0.1) is 0 Å². The fraction of sp³-hybridized carbons (Fsp3) is 0.487. The topological polar surface area (TPSA) is 15.3 Å². The van der Waals surface area contributed by atoms with Crippen LogP contribution in [0.15, 0.2) is 79.0 Å². The lowest BCUT2D eigenvalue weighted by atomic mass is 9.89. The number of halogens is 1. The predicted molar refractivity (Wildman–Crippen MR) is 186 cm³/mol. The third kappa shape index (κ3) is 10.3. The molecule has 0 amide bonds. The van der Waals surface area contributed by atoms with Gasteiger partial charge in [-0.05, 0) is 123 Å². The molecule has 0 unspecified atom stereocenters. The summed E-state index contributed by atoms with van der Waals surface area (Å²) in [5.74, 6) is 0.760. The number of nitrogens with zero attached hydrogens (tertiary/aromatic N) is 1. The number of nitrogens with one attached hydrogen (secondary N) is 1. The zero-order chi connectivity index (χ0) is 30.2. The molecule has 42 heavy (non-hydrogen) atoms. The van der Waals surface area contributed by atoms with Gasteiger partial charge in [0.2, 0.25) is 0 Å². The average Bonchev–Trinajstić information content (AvgIpc) is 3.05. The molecule has 0 radical (unpaired) electrons. The van der Waals surface area contributed by atoms with Gasteiger partial charge in [-0.25, -0.2) is 0 Å². The Hall–Kier alpha value is -2.55. The molecule has 2 nitrogen and oxygen atoms in total. The van der Waals surface area contributed by atoms with Gasteiger partial charge in [-0.1, -0.05) is 107 Å². The normalized spacial score (nSPS) is 14.8. The maximum atomic E-state index is 6.21. The van der Waals surface area contributed by atoms with Crippen LogP contribution in [0.2, 0.25) is 5.02 Å². The lowest BCUT2D eigenvalue weighted by Crippen LogP contribution is -2.27. The summed E-state index contributed by atoms with van der Waals surface area (Å²) in [5.41, 5.74) is 9.88. The standard InChI is InChI=1S/C22H28ClN.C15H21N.C2H6/c23-22-9-5-4-8-21(22)7-3-1-2-6-18-10-12-19(13-11-18)20-14-16-24-17-15-20;1-4-10-16-12(3)6-8-14-9-7-13(5-2)11-15(14)16;1-2/h4-5,8-13,20,24H,1-3,6-7,14-17H2;7,9,11H,3-6,8,10H2,1-2H3;1-2H3. The molecule has 1 saturated heterocycles. The van der Waals surface area contributed by atoms with E-state index in [-0.39, 0.29) is 0 Å². The molecule has 2 aliphatic heterocycles. The maximum Gasteiger partial charge on any atom is 0.0443 e. The molecule has 2 heterocycles. The number of hydrogen-bond acceptors (Lipinski definition) is 2. The lowest BCUT2D eigenvalue weighted by molar-refractivity contribution is 0.460. The quantitative estimate of drug-likeness (QED) is 0.238. The van der Waals surface area contributed by atoms with Gasteiger partial charge >= 0.3 is 0 Å². The van der Waals surface area contributed by atoms with Crippen LogP contribution in [0.5, 0.6) is 0 Å². The van der Waals surface area contributed by atoms with Crippen molar-refractivity contribution >= 4 is 17.3 Å². The molecule has 2 aliphatic rings. The number of rotatable bonds is 10. The summed E-state index contributed by atoms with van der Waals surface area (Å²) in [7, 11) is 0. The number of anilines is 1. The molecule has 3 heteroatoms. The van der Waals surface area contributed by atoms with Crippen molar-refractivity contribution in [2.24, 2.45) is 0 Å². The van der Waals surface area contributed by atoms with Crippen molar-refractivity contribution in [1.29, 1.82) is 0 Å². The van der Waals surface area contributed by atoms with Crippen LogP contribution >= 0.6 is 11.6 Å². The molecule has 0 aromatic heterocycles. The molecule has 5 rings (SSSR count). The first-order valence-corrected chi connectivity index (χ1v) is 17.1. The van der Waals surface area contributed by atoms with Crippen molar-refractivity contribution in [2.75, 3.05) is 24.5 Å². The fourth-order valence-corrected chi connectivity index (χ4v) is 6.24. The van der Waals surface area contributed by atoms with Gasteiger partial charge < -0.3 is 10.2 Å². The van der Waals surface area contributed by atoms with Gasteiger partial charge in [0.15, 0.2) is 0 Å². The zero-order valence-corrected chi connectivity index (χ0v) is 27.6. The van der Waals surface area contributed by atoms with Crippen LogP contribution in [0.3, 0.4) is 0 Å². The van der Waals surface area contributed by atoms with Crippen molar-refractivity contribution in [3.63, 3.8) is 0 Å². The molecule has 0 aliphatic carbocycles. The van der Waals surface area contributed by atoms with Gasteiger partial charge in [0, 0.05) is 23.0 Å². The summed E-state index contributed by atoms with van der Waals surface area (Å²) in [6.45, 7) is 16.1. The summed E-state index contributed by atoms with van der Waals surface area (Å²) in [6, 6.07) is 24.5. The number of allylic oxidation sites excluding steroid dienone is 1. The second kappa shape index (κ2) is 18.9. The molecule has 0 spiro atoms. The van der Waals surface area contributed by atoms with Crippen LogP contribution in [0.25, 0.3) is 0 Å². The van der Waals surface area contributed by atoms with Gasteiger partial charge in [0.1, 0.15) is 0 Å². The van der Waals surface area contributed by atoms with E-state index in [0.717, 1.165) is 56.3 Å². The van der Waals surface area contributed by atoms with E-state index in [9.17, 15) is 0 Å². The Morgan fingerprint density at radius 2 is 1.52 bits per heavy atom. The minimum atomic E-state index is 0.760. The first-order valence-electron chi connectivity index (χ1n) is 16.7. The molecule has 3 aromatic rings. The molecule has 0 bridgehead atoms. The zero-order valence-electron chi connectivity index (χ0n) is 26.9. The summed E-state index contributed by atoms with van der Waals surface area (Å²) >= 11 is 6.21. The molecule has 1 fully saturated rings. The Labute approximate surface area is 262 Å². The Morgan fingerprint density at radius 3 is 2.21 bits per heavy atom. The Morgan fingerprint density at radius 1 is 0.833 bits per heavy atom. The van der Waals surface area contributed by atoms with E-state index in [1.54, 1.807) is 0 Å². The molecule has 228 valence electrons. The van der Waals surface area contributed by atoms with Crippen LogP contribution in [-0.4, -0.2) is 19.6 Å². The van der Waals surface area contributed by atoms with Crippen molar-refractivity contribution in [2.45, 2.75) is 104 Å². The predicted octanol–water partition coefficient (Wildman–Crippen LogP) is 10.7. The fourth-order valence-electron chi connectivity index (χ4n) is 6.01. The maximum absolute atomic E-state index is 6.21. The minimum Gasteiger partial charge on any atom is -0.345 e. The van der Waals surface area contributed by atoms with Crippen molar-refractivity contribution in [3.05, 3.63) is 112 Å². The Balaban J connectivity index is 0.000000234. The van der Waals surface area contributed by atoms with Crippen LogP contribution < -0.4 is 10.2 Å². The minimum absolute atomic E-state index is 0.760. The molecule has 3 aromatic carbocycles. The summed E-state index contributed by atoms with van der Waals surface area (Å²) in [4.78, 5) is 2.40. The first-order chi connectivity index (χ1) is 20.6. The number of benzene rings is 3. The van der Waals surface area contributed by atoms with Crippen molar-refractivity contribution in [1.82, 2.24) is 5.32 Å². The molecular weight excluding hydrogens is 532 g/mol. The van der Waals surface area contributed by atoms with Gasteiger partial charge in [0.25, 0.3) is 0 Å². The van der Waals surface area contributed by atoms with Crippen LogP contribution in [0.1, 0.15) is 106 Å². The first kappa shape index (κ1) is 33.9. The molecule has 0 saturated carbocycles. The number of fused-ring (bicyclic) bond motifs is 1. The van der Waals surface area contributed by atoms with E-state index in [2.05, 4.69) is 85.2 Å². The molecular formula is C39H55ClN2. The van der Waals surface area contributed by atoms with E-state index in [1.807, 2.05) is 26.0 Å². The van der Waals surface area contributed by atoms with E-state index in [0.29, 0.717) is 0 Å². The van der Waals surface area contributed by atoms with E-state index < -0.39 is 0 Å². The number of hydrogen-bond donors (Lipinski definition) is 1. The van der Waals surface area contributed by atoms with E-state index >= 15 is 0 Å². The van der Waals surface area contributed by atoms with Crippen molar-refractivity contribution in [3.8, 4) is 0 Å². The highest BCUT2D eigenvalue weighted by atomic mass is 35.5. The van der Waals surface area contributed by atoms with Gasteiger partial charge in [-0.3, -0.25) is 0 Å². The summed E-state index contributed by atoms with van der Waals surface area (Å²) < 4.78 is 0. The SMILES string of the molecule is C=C1CCc2ccc(CC)cc2N1CCC.CC.Clc1ccccc1CCCCCc1ccc(C2CCNCC2)cc1. The summed E-state index contributed by atoms with van der Waals surface area (Å²) in [6.07, 6.45) is 13.1. The number of piperidine rings is 1. The second-order valence-corrected chi connectivity index (χ2v) is 11.9. The monoisotopic (exact) mass is 586 g/mol. The summed E-state index contributed by atoms with van der Waals surface area (Å²) in [5, 5.41) is 4.35. The van der Waals surface area contributed by atoms with Crippen LogP contribution in [0.4, 0.5) is 5.69 Å². The third-order valence-corrected chi connectivity index (χ3v) is 8.89. The van der Waals surface area contributed by atoms with Crippen LogP contribution in [-0.2, 0) is 25.7 Å². The third-order valence-electron chi connectivity index (χ3n) is 8.52. The van der Waals surface area contributed by atoms with E-state index in [1.165, 1.54) is 84.1 Å². The van der Waals surface area contributed by atoms with Gasteiger partial charge in [0.05, 0.1) is 0 Å². The Kier molecular flexibility index (Phi) is 15.3. The van der Waals surface area contributed by atoms with E-state index in [4.69, 9.17) is 11.6 Å². The van der Waals surface area contributed by atoms with Gasteiger partial charge in [-0.2, -0.15) is 0 Å². The molecule has 1 N–H and O–H groups in total. The van der Waals surface area contributed by atoms with Gasteiger partial charge in [-0.15, -0.1) is 0 Å². The molecule has 0 atom stereocenters. The highest BCUT2D eigenvalue weighted by molar-refractivity contribution is 6.31. The smallest absolute Gasteiger partial charge is 0.0443 e. The number of aryl methyl sites for hydroxylation is 4. The average molecular weight is 587 g/mol. The van der Waals surface area contributed by atoms with Crippen molar-refractivity contribution < 1.29 is 0 Å². The second-order valence-electron chi connectivity index (χ2n) is 11.5.